The van der Waals surface area contributed by atoms with Gasteiger partial charge in [-0.2, -0.15) is 0 Å². The number of nitro benzene ring substituents is 1. The Hall–Kier alpha value is -1.96. The number of halogens is 1. The highest BCUT2D eigenvalue weighted by molar-refractivity contribution is 9.10. The molecule has 0 heterocycles. The van der Waals surface area contributed by atoms with E-state index >= 15 is 0 Å². The number of carboxylic acids is 1. The molecule has 1 aromatic rings. The van der Waals surface area contributed by atoms with Crippen LogP contribution in [0.2, 0.25) is 0 Å². The van der Waals surface area contributed by atoms with Gasteiger partial charge < -0.3 is 10.4 Å². The van der Waals surface area contributed by atoms with Gasteiger partial charge in [0.25, 0.3) is 5.69 Å². The summed E-state index contributed by atoms with van der Waals surface area (Å²) in [5.41, 5.74) is -0.772. The highest BCUT2D eigenvalue weighted by Crippen LogP contribution is 2.31. The zero-order chi connectivity index (χ0) is 13.2. The Morgan fingerprint density at radius 2 is 2.06 bits per heavy atom. The summed E-state index contributed by atoms with van der Waals surface area (Å²) in [6, 6.07) is 2.07. The number of carbonyl (C=O) groups excluding carboxylic acids is 1. The molecule has 0 fully saturated rings. The second-order valence-electron chi connectivity index (χ2n) is 3.09. The summed E-state index contributed by atoms with van der Waals surface area (Å²) in [5, 5.41) is 21.8. The summed E-state index contributed by atoms with van der Waals surface area (Å²) in [5.74, 6) is -1.78. The standard InChI is InChI=1S/C9H7BrN2O5/c1-4(13)11-7-3-6(10)5(9(14)15)2-8(7)12(16)17/h2-3H,1H3,(H,11,13)(H,14,15). The zero-order valence-corrected chi connectivity index (χ0v) is 10.1. The van der Waals surface area contributed by atoms with Crippen LogP contribution in [0.25, 0.3) is 0 Å². The van der Waals surface area contributed by atoms with Crippen LogP contribution in [0.3, 0.4) is 0 Å². The number of nitrogens with zero attached hydrogens (tertiary/aromatic N) is 1. The molecular formula is C9H7BrN2O5. The number of carboxylic acid groups (broad SMARTS) is 1. The number of hydrogen-bond donors (Lipinski definition) is 2. The summed E-state index contributed by atoms with van der Waals surface area (Å²) in [7, 11) is 0. The summed E-state index contributed by atoms with van der Waals surface area (Å²) in [4.78, 5) is 31.6. The Balaban J connectivity index is 3.40. The number of nitro groups is 1. The van der Waals surface area contributed by atoms with E-state index in [2.05, 4.69) is 21.2 Å². The molecule has 0 unspecified atom stereocenters. The number of rotatable bonds is 3. The van der Waals surface area contributed by atoms with Crippen LogP contribution in [0.4, 0.5) is 11.4 Å². The minimum Gasteiger partial charge on any atom is -0.478 e. The first-order chi connectivity index (χ1) is 7.82. The molecule has 0 aliphatic heterocycles. The van der Waals surface area contributed by atoms with Gasteiger partial charge in [-0.05, 0) is 22.0 Å². The molecule has 1 rings (SSSR count). The SMILES string of the molecule is CC(=O)Nc1cc(Br)c(C(=O)O)cc1[N+](=O)[O-]. The predicted molar refractivity (Wildman–Crippen MR) is 62.1 cm³/mol. The van der Waals surface area contributed by atoms with Gasteiger partial charge in [-0.15, -0.1) is 0 Å². The van der Waals surface area contributed by atoms with Crippen LogP contribution in [0.15, 0.2) is 16.6 Å². The van der Waals surface area contributed by atoms with Crippen molar-refractivity contribution in [3.8, 4) is 0 Å². The van der Waals surface area contributed by atoms with E-state index in [9.17, 15) is 19.7 Å². The third-order valence-electron chi connectivity index (χ3n) is 1.82. The zero-order valence-electron chi connectivity index (χ0n) is 8.56. The average molecular weight is 303 g/mol. The van der Waals surface area contributed by atoms with Gasteiger partial charge >= 0.3 is 5.97 Å². The molecule has 0 aromatic heterocycles. The van der Waals surface area contributed by atoms with E-state index in [1.807, 2.05) is 0 Å². The van der Waals surface area contributed by atoms with Crippen molar-refractivity contribution in [2.24, 2.45) is 0 Å². The molecule has 90 valence electrons. The highest BCUT2D eigenvalue weighted by Gasteiger charge is 2.21. The Kier molecular flexibility index (Phi) is 3.79. The number of amides is 1. The first-order valence-corrected chi connectivity index (χ1v) is 5.11. The number of nitrogens with one attached hydrogen (secondary N) is 1. The number of carbonyl (C=O) groups is 2. The van der Waals surface area contributed by atoms with Crippen LogP contribution >= 0.6 is 15.9 Å². The van der Waals surface area contributed by atoms with Gasteiger partial charge in [0, 0.05) is 17.5 Å². The first kappa shape index (κ1) is 13.1. The molecule has 7 nitrogen and oxygen atoms in total. The van der Waals surface area contributed by atoms with Crippen molar-refractivity contribution < 1.29 is 19.6 Å². The van der Waals surface area contributed by atoms with E-state index in [1.165, 1.54) is 13.0 Å². The van der Waals surface area contributed by atoms with Gasteiger partial charge in [-0.1, -0.05) is 0 Å². The van der Waals surface area contributed by atoms with Gasteiger partial charge in [0.15, 0.2) is 0 Å². The van der Waals surface area contributed by atoms with Crippen molar-refractivity contribution in [1.82, 2.24) is 0 Å². The molecule has 2 N–H and O–H groups in total. The maximum atomic E-state index is 10.9. The lowest BCUT2D eigenvalue weighted by molar-refractivity contribution is -0.384. The van der Waals surface area contributed by atoms with E-state index in [0.717, 1.165) is 6.07 Å². The van der Waals surface area contributed by atoms with Crippen molar-refractivity contribution in [3.05, 3.63) is 32.3 Å². The Labute approximate surface area is 104 Å². The number of benzene rings is 1. The van der Waals surface area contributed by atoms with Gasteiger partial charge in [0.2, 0.25) is 5.91 Å². The third-order valence-corrected chi connectivity index (χ3v) is 2.48. The minimum absolute atomic E-state index is 0.0561. The Morgan fingerprint density at radius 1 is 1.47 bits per heavy atom. The molecule has 17 heavy (non-hydrogen) atoms. The van der Waals surface area contributed by atoms with Crippen LogP contribution in [0.5, 0.6) is 0 Å². The fraction of sp³-hybridized carbons (Fsp3) is 0.111. The van der Waals surface area contributed by atoms with Crippen LogP contribution < -0.4 is 5.32 Å². The van der Waals surface area contributed by atoms with Crippen molar-refractivity contribution in [1.29, 1.82) is 0 Å². The normalized spacial score (nSPS) is 9.76. The van der Waals surface area contributed by atoms with Crippen molar-refractivity contribution >= 4 is 39.2 Å². The smallest absolute Gasteiger partial charge is 0.337 e. The van der Waals surface area contributed by atoms with Gasteiger partial charge in [0.05, 0.1) is 10.5 Å². The van der Waals surface area contributed by atoms with Crippen LogP contribution in [-0.4, -0.2) is 21.9 Å². The summed E-state index contributed by atoms with van der Waals surface area (Å²) >= 11 is 2.97. The largest absolute Gasteiger partial charge is 0.478 e. The van der Waals surface area contributed by atoms with Gasteiger partial charge in [0.1, 0.15) is 5.69 Å². The van der Waals surface area contributed by atoms with Crippen molar-refractivity contribution in [3.63, 3.8) is 0 Å². The molecule has 0 saturated heterocycles. The van der Waals surface area contributed by atoms with Gasteiger partial charge in [-0.25, -0.2) is 4.79 Å². The molecule has 0 aliphatic rings. The topological polar surface area (TPSA) is 110 Å². The number of aromatic carboxylic acids is 1. The second kappa shape index (κ2) is 4.91. The molecule has 0 spiro atoms. The lowest BCUT2D eigenvalue weighted by Crippen LogP contribution is -2.09. The monoisotopic (exact) mass is 302 g/mol. The highest BCUT2D eigenvalue weighted by atomic mass is 79.9. The molecule has 0 radical (unpaired) electrons. The first-order valence-electron chi connectivity index (χ1n) is 4.31. The lowest BCUT2D eigenvalue weighted by atomic mass is 10.1. The van der Waals surface area contributed by atoms with E-state index < -0.39 is 22.5 Å². The molecular weight excluding hydrogens is 296 g/mol. The molecule has 0 atom stereocenters. The maximum absolute atomic E-state index is 10.9. The Morgan fingerprint density at radius 3 is 2.47 bits per heavy atom. The number of anilines is 1. The average Bonchev–Trinajstić information content (AvgIpc) is 2.15. The Bertz CT molecular complexity index is 514. The van der Waals surface area contributed by atoms with E-state index in [4.69, 9.17) is 5.11 Å². The minimum atomic E-state index is -1.30. The molecule has 1 amide bonds. The molecule has 8 heteroatoms. The fourth-order valence-electron chi connectivity index (χ4n) is 1.17. The molecule has 0 saturated carbocycles. The summed E-state index contributed by atoms with van der Waals surface area (Å²) in [6.45, 7) is 1.20. The summed E-state index contributed by atoms with van der Waals surface area (Å²) < 4.78 is 0.152. The lowest BCUT2D eigenvalue weighted by Gasteiger charge is -2.06. The second-order valence-corrected chi connectivity index (χ2v) is 3.95. The van der Waals surface area contributed by atoms with Crippen molar-refractivity contribution in [2.45, 2.75) is 6.92 Å². The fourth-order valence-corrected chi connectivity index (χ4v) is 1.68. The van der Waals surface area contributed by atoms with E-state index in [-0.39, 0.29) is 15.7 Å². The van der Waals surface area contributed by atoms with E-state index in [0.29, 0.717) is 0 Å². The third kappa shape index (κ3) is 3.00. The summed E-state index contributed by atoms with van der Waals surface area (Å²) in [6.07, 6.45) is 0. The number of hydrogen-bond acceptors (Lipinski definition) is 4. The van der Waals surface area contributed by atoms with Crippen molar-refractivity contribution in [2.75, 3.05) is 5.32 Å². The van der Waals surface area contributed by atoms with Crippen LogP contribution in [0, 0.1) is 10.1 Å². The maximum Gasteiger partial charge on any atom is 0.337 e. The quantitative estimate of drug-likeness (QED) is 0.655. The molecule has 0 aliphatic carbocycles. The van der Waals surface area contributed by atoms with E-state index in [1.54, 1.807) is 0 Å². The molecule has 0 bridgehead atoms. The molecule has 1 aromatic carbocycles. The van der Waals surface area contributed by atoms with Crippen LogP contribution in [0.1, 0.15) is 17.3 Å². The van der Waals surface area contributed by atoms with Crippen LogP contribution in [-0.2, 0) is 4.79 Å². The predicted octanol–water partition coefficient (Wildman–Crippen LogP) is 2.01. The van der Waals surface area contributed by atoms with Gasteiger partial charge in [-0.3, -0.25) is 14.9 Å².